The monoisotopic (exact) mass is 216 g/mol. The Bertz CT molecular complexity index is 388. The summed E-state index contributed by atoms with van der Waals surface area (Å²) in [6, 6.07) is 9.89. The van der Waals surface area contributed by atoms with Crippen LogP contribution >= 0.6 is 0 Å². The molecule has 1 rings (SSSR count). The number of rotatable bonds is 4. The van der Waals surface area contributed by atoms with Crippen LogP contribution in [0.25, 0.3) is 6.08 Å². The van der Waals surface area contributed by atoms with E-state index in [-0.39, 0.29) is 5.97 Å². The average molecular weight is 216 g/mol. The molecule has 0 aromatic heterocycles. The molecule has 0 saturated heterocycles. The minimum Gasteiger partial charge on any atom is -0.458 e. The van der Waals surface area contributed by atoms with Crippen LogP contribution in [0.2, 0.25) is 0 Å². The molecule has 0 aliphatic carbocycles. The minimum atomic E-state index is -0.264. The van der Waals surface area contributed by atoms with Gasteiger partial charge in [-0.15, -0.1) is 0 Å². The molecular weight excluding hydrogens is 200 g/mol. The summed E-state index contributed by atoms with van der Waals surface area (Å²) in [6.45, 7) is 3.86. The van der Waals surface area contributed by atoms with Crippen molar-refractivity contribution >= 4 is 12.0 Å². The van der Waals surface area contributed by atoms with Gasteiger partial charge in [-0.2, -0.15) is 0 Å². The van der Waals surface area contributed by atoms with Crippen molar-refractivity contribution in [3.63, 3.8) is 0 Å². The van der Waals surface area contributed by atoms with E-state index in [9.17, 15) is 4.79 Å². The summed E-state index contributed by atoms with van der Waals surface area (Å²) in [5.41, 5.74) is 1.73. The van der Waals surface area contributed by atoms with Crippen molar-refractivity contribution in [2.24, 2.45) is 0 Å². The number of ether oxygens (including phenoxy) is 1. The SMILES string of the molecule is C/C=C(/C)C(=O)OCC=Cc1ccccc1. The summed E-state index contributed by atoms with van der Waals surface area (Å²) in [5.74, 6) is -0.264. The largest absolute Gasteiger partial charge is 0.458 e. The Labute approximate surface area is 96.2 Å². The molecular formula is C14H16O2. The number of benzene rings is 1. The predicted molar refractivity (Wildman–Crippen MR) is 65.9 cm³/mol. The smallest absolute Gasteiger partial charge is 0.333 e. The third kappa shape index (κ3) is 4.13. The second-order valence-electron chi connectivity index (χ2n) is 3.38. The van der Waals surface area contributed by atoms with Crippen LogP contribution in [0.3, 0.4) is 0 Å². The van der Waals surface area contributed by atoms with Crippen LogP contribution in [-0.2, 0) is 9.53 Å². The van der Waals surface area contributed by atoms with Crippen LogP contribution in [0.15, 0.2) is 48.1 Å². The number of hydrogen-bond donors (Lipinski definition) is 0. The third-order valence-corrected chi connectivity index (χ3v) is 2.18. The molecule has 84 valence electrons. The Hall–Kier alpha value is -1.83. The van der Waals surface area contributed by atoms with Gasteiger partial charge in [0.15, 0.2) is 0 Å². The van der Waals surface area contributed by atoms with Gasteiger partial charge >= 0.3 is 5.97 Å². The van der Waals surface area contributed by atoms with E-state index in [2.05, 4.69) is 0 Å². The van der Waals surface area contributed by atoms with Crippen LogP contribution in [0.5, 0.6) is 0 Å². The summed E-state index contributed by atoms with van der Waals surface area (Å²) < 4.78 is 5.02. The molecule has 16 heavy (non-hydrogen) atoms. The number of carbonyl (C=O) groups is 1. The maximum Gasteiger partial charge on any atom is 0.333 e. The molecule has 0 aliphatic heterocycles. The highest BCUT2D eigenvalue weighted by Gasteiger charge is 2.01. The highest BCUT2D eigenvalue weighted by Crippen LogP contribution is 2.01. The fourth-order valence-corrected chi connectivity index (χ4v) is 1.10. The maximum atomic E-state index is 11.3. The summed E-state index contributed by atoms with van der Waals surface area (Å²) >= 11 is 0. The molecule has 0 heterocycles. The van der Waals surface area contributed by atoms with Crippen LogP contribution in [-0.4, -0.2) is 12.6 Å². The van der Waals surface area contributed by atoms with E-state index in [1.54, 1.807) is 13.0 Å². The molecule has 1 aromatic carbocycles. The van der Waals surface area contributed by atoms with Crippen LogP contribution < -0.4 is 0 Å². The van der Waals surface area contributed by atoms with Gasteiger partial charge in [-0.3, -0.25) is 0 Å². The van der Waals surface area contributed by atoms with Gasteiger partial charge in [-0.1, -0.05) is 42.5 Å². The molecule has 2 heteroatoms. The number of esters is 1. The van der Waals surface area contributed by atoms with Crippen molar-refractivity contribution in [2.45, 2.75) is 13.8 Å². The molecule has 0 bridgehead atoms. The van der Waals surface area contributed by atoms with Crippen molar-refractivity contribution in [2.75, 3.05) is 6.61 Å². The van der Waals surface area contributed by atoms with Crippen molar-refractivity contribution < 1.29 is 9.53 Å². The van der Waals surface area contributed by atoms with E-state index >= 15 is 0 Å². The van der Waals surface area contributed by atoms with E-state index < -0.39 is 0 Å². The Kier molecular flexibility index (Phi) is 5.06. The molecule has 0 unspecified atom stereocenters. The van der Waals surface area contributed by atoms with Gasteiger partial charge in [-0.05, 0) is 25.5 Å². The predicted octanol–water partition coefficient (Wildman–Crippen LogP) is 3.21. The Morgan fingerprint density at radius 1 is 1.31 bits per heavy atom. The Morgan fingerprint density at radius 2 is 2.00 bits per heavy atom. The van der Waals surface area contributed by atoms with Crippen molar-refractivity contribution in [3.05, 3.63) is 53.6 Å². The molecule has 2 nitrogen and oxygen atoms in total. The fourth-order valence-electron chi connectivity index (χ4n) is 1.10. The summed E-state index contributed by atoms with van der Waals surface area (Å²) in [6.07, 6.45) is 5.50. The maximum absolute atomic E-state index is 11.3. The zero-order valence-electron chi connectivity index (χ0n) is 9.64. The molecule has 0 saturated carbocycles. The van der Waals surface area contributed by atoms with Crippen molar-refractivity contribution in [1.29, 1.82) is 0 Å². The molecule has 0 N–H and O–H groups in total. The molecule has 0 radical (unpaired) electrons. The molecule has 0 fully saturated rings. The quantitative estimate of drug-likeness (QED) is 0.570. The average Bonchev–Trinajstić information content (AvgIpc) is 2.34. The number of hydrogen-bond acceptors (Lipinski definition) is 2. The third-order valence-electron chi connectivity index (χ3n) is 2.18. The number of allylic oxidation sites excluding steroid dienone is 1. The lowest BCUT2D eigenvalue weighted by Crippen LogP contribution is -2.05. The molecule has 0 amide bonds. The normalized spacial score (nSPS) is 11.8. The first-order valence-corrected chi connectivity index (χ1v) is 5.25. The standard InChI is InChI=1S/C14H16O2/c1-3-12(2)14(15)16-11-7-10-13-8-5-4-6-9-13/h3-10H,11H2,1-2H3/b10-7?,12-3-. The Morgan fingerprint density at radius 3 is 2.62 bits per heavy atom. The zero-order chi connectivity index (χ0) is 11.8. The van der Waals surface area contributed by atoms with Gasteiger partial charge in [0.1, 0.15) is 6.61 Å². The lowest BCUT2D eigenvalue weighted by molar-refractivity contribution is -0.137. The first kappa shape index (κ1) is 12.2. The second-order valence-corrected chi connectivity index (χ2v) is 3.38. The van der Waals surface area contributed by atoms with Crippen LogP contribution in [0.1, 0.15) is 19.4 Å². The fraction of sp³-hybridized carbons (Fsp3) is 0.214. The van der Waals surface area contributed by atoms with Gasteiger partial charge in [0.2, 0.25) is 0 Å². The van der Waals surface area contributed by atoms with E-state index in [1.165, 1.54) is 0 Å². The van der Waals surface area contributed by atoms with E-state index in [1.807, 2.05) is 49.4 Å². The summed E-state index contributed by atoms with van der Waals surface area (Å²) in [7, 11) is 0. The number of carbonyl (C=O) groups excluding carboxylic acids is 1. The first-order valence-electron chi connectivity index (χ1n) is 5.25. The minimum absolute atomic E-state index is 0.264. The molecule has 0 spiro atoms. The van der Waals surface area contributed by atoms with Gasteiger partial charge < -0.3 is 4.74 Å². The van der Waals surface area contributed by atoms with E-state index in [0.29, 0.717) is 12.2 Å². The lowest BCUT2D eigenvalue weighted by Gasteiger charge is -2.00. The molecule has 0 atom stereocenters. The van der Waals surface area contributed by atoms with Gasteiger partial charge in [-0.25, -0.2) is 4.79 Å². The second kappa shape index (κ2) is 6.62. The topological polar surface area (TPSA) is 26.3 Å². The first-order chi connectivity index (χ1) is 7.74. The van der Waals surface area contributed by atoms with E-state index in [4.69, 9.17) is 4.74 Å². The van der Waals surface area contributed by atoms with Crippen molar-refractivity contribution in [3.8, 4) is 0 Å². The lowest BCUT2D eigenvalue weighted by atomic mass is 10.2. The van der Waals surface area contributed by atoms with Crippen LogP contribution in [0, 0.1) is 0 Å². The van der Waals surface area contributed by atoms with Gasteiger partial charge in [0.05, 0.1) is 0 Å². The van der Waals surface area contributed by atoms with E-state index in [0.717, 1.165) is 5.56 Å². The van der Waals surface area contributed by atoms with Crippen LogP contribution in [0.4, 0.5) is 0 Å². The highest BCUT2D eigenvalue weighted by atomic mass is 16.5. The van der Waals surface area contributed by atoms with Gasteiger partial charge in [0.25, 0.3) is 0 Å². The molecule has 1 aromatic rings. The summed E-state index contributed by atoms with van der Waals surface area (Å²) in [4.78, 5) is 11.3. The highest BCUT2D eigenvalue weighted by molar-refractivity contribution is 5.87. The zero-order valence-corrected chi connectivity index (χ0v) is 9.64. The van der Waals surface area contributed by atoms with Gasteiger partial charge in [0, 0.05) is 5.57 Å². The molecule has 0 aliphatic rings. The summed E-state index contributed by atoms with van der Waals surface area (Å²) in [5, 5.41) is 0. The Balaban J connectivity index is 2.37. The van der Waals surface area contributed by atoms with Crippen molar-refractivity contribution in [1.82, 2.24) is 0 Å².